The molecule has 2 N–H and O–H groups in total. The van der Waals surface area contributed by atoms with Crippen LogP contribution in [0.1, 0.15) is 96.2 Å². The van der Waals surface area contributed by atoms with E-state index in [1.54, 1.807) is 4.52 Å². The average molecular weight is 478 g/mol. The van der Waals surface area contributed by atoms with Gasteiger partial charge in [0.15, 0.2) is 5.65 Å². The Morgan fingerprint density at radius 1 is 1.23 bits per heavy atom. The molecular formula is C29H43N5O. The van der Waals surface area contributed by atoms with Crippen molar-refractivity contribution in [2.45, 2.75) is 87.0 Å². The van der Waals surface area contributed by atoms with Crippen LogP contribution in [0.4, 0.5) is 17.1 Å². The van der Waals surface area contributed by atoms with Crippen LogP contribution in [0.15, 0.2) is 29.1 Å². The quantitative estimate of drug-likeness (QED) is 0.306. The van der Waals surface area contributed by atoms with E-state index in [4.69, 9.17) is 4.98 Å². The van der Waals surface area contributed by atoms with Gasteiger partial charge in [-0.05, 0) is 89.1 Å². The third-order valence-electron chi connectivity index (χ3n) is 7.19. The maximum atomic E-state index is 13.7. The predicted molar refractivity (Wildman–Crippen MR) is 150 cm³/mol. The van der Waals surface area contributed by atoms with Gasteiger partial charge in [-0.1, -0.05) is 33.3 Å². The Labute approximate surface area is 210 Å². The van der Waals surface area contributed by atoms with E-state index in [9.17, 15) is 4.79 Å². The van der Waals surface area contributed by atoms with Crippen molar-refractivity contribution in [3.8, 4) is 0 Å². The van der Waals surface area contributed by atoms with E-state index >= 15 is 0 Å². The molecule has 2 heterocycles. The fraction of sp³-hybridized carbons (Fsp3) is 0.517. The van der Waals surface area contributed by atoms with Gasteiger partial charge in [0.2, 0.25) is 0 Å². The molecule has 6 nitrogen and oxygen atoms in total. The van der Waals surface area contributed by atoms with Gasteiger partial charge < -0.3 is 10.2 Å². The predicted octanol–water partition coefficient (Wildman–Crippen LogP) is 7.20. The second-order valence-corrected chi connectivity index (χ2v) is 9.48. The number of benzene rings is 1. The molecule has 1 unspecified atom stereocenters. The molecule has 0 aliphatic rings. The Morgan fingerprint density at radius 3 is 2.51 bits per heavy atom. The van der Waals surface area contributed by atoms with Crippen LogP contribution in [0.2, 0.25) is 0 Å². The smallest absolute Gasteiger partial charge is 0.276 e. The fourth-order valence-electron chi connectivity index (χ4n) is 4.57. The third-order valence-corrected chi connectivity index (χ3v) is 7.19. The van der Waals surface area contributed by atoms with Crippen molar-refractivity contribution in [3.63, 3.8) is 0 Å². The van der Waals surface area contributed by atoms with Gasteiger partial charge in [0.25, 0.3) is 5.56 Å². The van der Waals surface area contributed by atoms with E-state index in [2.05, 4.69) is 88.1 Å². The molecule has 0 spiro atoms. The van der Waals surface area contributed by atoms with Crippen LogP contribution in [0.5, 0.6) is 0 Å². The number of aromatic nitrogens is 3. The van der Waals surface area contributed by atoms with Crippen molar-refractivity contribution in [2.75, 3.05) is 23.3 Å². The number of hydrogen-bond acceptors (Lipinski definition) is 4. The average Bonchev–Trinajstić information content (AvgIpc) is 3.23. The number of anilines is 3. The molecule has 0 aliphatic heterocycles. The van der Waals surface area contributed by atoms with Gasteiger partial charge in [-0.25, -0.2) is 4.98 Å². The first-order valence-electron chi connectivity index (χ1n) is 13.2. The molecule has 6 heteroatoms. The topological polar surface area (TPSA) is 65.4 Å². The molecule has 190 valence electrons. The molecule has 3 aromatic rings. The Bertz CT molecular complexity index is 1250. The Balaban J connectivity index is 2.22. The molecule has 0 saturated carbocycles. The standard InChI is InChI=1S/C29H43N5O/c1-9-14-15-23-25(19(6)10-2)31-28-27(26(20(7)11-3)32-34(28)29(23)35)30-24-17-16-22(18-21(24)8)33(12-4)13-5/h11,16-19,30,32H,9-10,12-15H2,1-8H3/b20-11+. The van der Waals surface area contributed by atoms with E-state index in [1.807, 2.05) is 6.92 Å². The normalized spacial score (nSPS) is 12.9. The van der Waals surface area contributed by atoms with Crippen molar-refractivity contribution in [2.24, 2.45) is 0 Å². The number of rotatable bonds is 11. The summed E-state index contributed by atoms with van der Waals surface area (Å²) < 4.78 is 1.64. The fourth-order valence-corrected chi connectivity index (χ4v) is 4.57. The van der Waals surface area contributed by atoms with E-state index < -0.39 is 0 Å². The Morgan fingerprint density at radius 2 is 1.94 bits per heavy atom. The highest BCUT2D eigenvalue weighted by Gasteiger charge is 2.23. The summed E-state index contributed by atoms with van der Waals surface area (Å²) in [6.45, 7) is 19.0. The Hall–Kier alpha value is -3.02. The number of unbranched alkanes of at least 4 members (excludes halogenated alkanes) is 1. The third kappa shape index (κ3) is 5.31. The van der Waals surface area contributed by atoms with Gasteiger partial charge in [0.1, 0.15) is 5.69 Å². The van der Waals surface area contributed by atoms with Crippen LogP contribution in [-0.2, 0) is 6.42 Å². The van der Waals surface area contributed by atoms with E-state index in [1.165, 1.54) is 5.69 Å². The van der Waals surface area contributed by atoms with Gasteiger partial charge in [-0.3, -0.25) is 9.89 Å². The van der Waals surface area contributed by atoms with E-state index in [-0.39, 0.29) is 11.5 Å². The molecule has 0 saturated heterocycles. The van der Waals surface area contributed by atoms with E-state index in [0.717, 1.165) is 78.2 Å². The number of nitrogens with zero attached hydrogens (tertiary/aromatic N) is 3. The first-order chi connectivity index (χ1) is 16.8. The summed E-state index contributed by atoms with van der Waals surface area (Å²) in [6.07, 6.45) is 5.80. The number of hydrogen-bond donors (Lipinski definition) is 2. The summed E-state index contributed by atoms with van der Waals surface area (Å²) in [4.78, 5) is 21.2. The molecule has 35 heavy (non-hydrogen) atoms. The highest BCUT2D eigenvalue weighted by Crippen LogP contribution is 2.33. The highest BCUT2D eigenvalue weighted by atomic mass is 16.1. The van der Waals surface area contributed by atoms with Crippen LogP contribution in [0, 0.1) is 6.92 Å². The lowest BCUT2D eigenvalue weighted by atomic mass is 9.97. The molecule has 0 fully saturated rings. The molecule has 3 rings (SSSR count). The van der Waals surface area contributed by atoms with Crippen LogP contribution < -0.4 is 15.8 Å². The zero-order chi connectivity index (χ0) is 25.7. The zero-order valence-corrected chi connectivity index (χ0v) is 22.9. The number of allylic oxidation sites excluding steroid dienone is 2. The van der Waals surface area contributed by atoms with Crippen LogP contribution >= 0.6 is 0 Å². The van der Waals surface area contributed by atoms with E-state index in [0.29, 0.717) is 5.65 Å². The van der Waals surface area contributed by atoms with Crippen LogP contribution in [-0.4, -0.2) is 27.7 Å². The molecular weight excluding hydrogens is 434 g/mol. The highest BCUT2D eigenvalue weighted by molar-refractivity contribution is 5.86. The second kappa shape index (κ2) is 11.6. The van der Waals surface area contributed by atoms with Gasteiger partial charge in [-0.2, -0.15) is 4.52 Å². The second-order valence-electron chi connectivity index (χ2n) is 9.48. The van der Waals surface area contributed by atoms with Crippen LogP contribution in [0.3, 0.4) is 0 Å². The summed E-state index contributed by atoms with van der Waals surface area (Å²) in [7, 11) is 0. The summed E-state index contributed by atoms with van der Waals surface area (Å²) in [5, 5.41) is 7.02. The summed E-state index contributed by atoms with van der Waals surface area (Å²) in [5.74, 6) is 0.226. The minimum absolute atomic E-state index is 0.0190. The SMILES string of the molecule is C/C=C(\C)c1[nH]n2c(=O)c(CCCC)c(C(C)CC)nc2c1Nc1ccc(N(CC)CC)cc1C. The minimum Gasteiger partial charge on any atom is -0.372 e. The van der Waals surface area contributed by atoms with Crippen molar-refractivity contribution >= 4 is 28.3 Å². The lowest BCUT2D eigenvalue weighted by molar-refractivity contribution is 0.670. The molecule has 2 aromatic heterocycles. The first-order valence-corrected chi connectivity index (χ1v) is 13.2. The molecule has 1 aromatic carbocycles. The lowest BCUT2D eigenvalue weighted by Crippen LogP contribution is -2.24. The van der Waals surface area contributed by atoms with Crippen LogP contribution in [0.25, 0.3) is 11.2 Å². The largest absolute Gasteiger partial charge is 0.372 e. The van der Waals surface area contributed by atoms with Gasteiger partial charge >= 0.3 is 0 Å². The number of aryl methyl sites for hydroxylation is 1. The minimum atomic E-state index is 0.0190. The molecule has 0 amide bonds. The summed E-state index contributed by atoms with van der Waals surface area (Å²) in [5.41, 5.74) is 8.66. The number of nitrogens with one attached hydrogen (secondary N) is 2. The molecule has 0 bridgehead atoms. The van der Waals surface area contributed by atoms with Crippen molar-refractivity contribution in [1.82, 2.24) is 14.6 Å². The summed E-state index contributed by atoms with van der Waals surface area (Å²) >= 11 is 0. The molecule has 1 atom stereocenters. The lowest BCUT2D eigenvalue weighted by Gasteiger charge is -2.22. The van der Waals surface area contributed by atoms with Crippen molar-refractivity contribution in [1.29, 1.82) is 0 Å². The molecule has 0 radical (unpaired) electrons. The summed E-state index contributed by atoms with van der Waals surface area (Å²) in [6, 6.07) is 6.51. The number of fused-ring (bicyclic) bond motifs is 1. The van der Waals surface area contributed by atoms with Gasteiger partial charge in [0, 0.05) is 30.0 Å². The zero-order valence-electron chi connectivity index (χ0n) is 22.9. The van der Waals surface area contributed by atoms with Gasteiger partial charge in [0.05, 0.1) is 11.4 Å². The Kier molecular flexibility index (Phi) is 8.82. The first kappa shape index (κ1) is 26.6. The maximum absolute atomic E-state index is 13.7. The van der Waals surface area contributed by atoms with Crippen molar-refractivity contribution in [3.05, 3.63) is 57.1 Å². The number of H-pyrrole nitrogens is 1. The molecule has 0 aliphatic carbocycles. The van der Waals surface area contributed by atoms with Crippen molar-refractivity contribution < 1.29 is 0 Å². The maximum Gasteiger partial charge on any atom is 0.276 e. The monoisotopic (exact) mass is 477 g/mol. The van der Waals surface area contributed by atoms with Gasteiger partial charge in [-0.15, -0.1) is 0 Å². The number of aromatic amines is 1.